The lowest BCUT2D eigenvalue weighted by Gasteiger charge is -2.27. The Hall–Kier alpha value is -2.08. The summed E-state index contributed by atoms with van der Waals surface area (Å²) in [5, 5.41) is 2.69. The van der Waals surface area contributed by atoms with E-state index in [0.29, 0.717) is 13.1 Å². The van der Waals surface area contributed by atoms with Gasteiger partial charge in [0.15, 0.2) is 0 Å². The van der Waals surface area contributed by atoms with Crippen LogP contribution < -0.4 is 10.1 Å². The minimum Gasteiger partial charge on any atom is -0.496 e. The third-order valence-corrected chi connectivity index (χ3v) is 4.37. The topological polar surface area (TPSA) is 61.9 Å². The zero-order valence-electron chi connectivity index (χ0n) is 14.4. The number of rotatable bonds is 6. The van der Waals surface area contributed by atoms with Crippen molar-refractivity contribution in [1.82, 2.24) is 15.1 Å². The second-order valence-electron chi connectivity index (χ2n) is 6.41. The monoisotopic (exact) mass is 319 g/mol. The van der Waals surface area contributed by atoms with Gasteiger partial charge in [0, 0.05) is 24.7 Å². The highest BCUT2D eigenvalue weighted by atomic mass is 16.5. The summed E-state index contributed by atoms with van der Waals surface area (Å²) >= 11 is 0. The number of likely N-dealkylation sites (N-methyl/N-ethyl adjacent to an activating group) is 1. The molecule has 0 bridgehead atoms. The Kier molecular flexibility index (Phi) is 4.94. The van der Waals surface area contributed by atoms with Crippen molar-refractivity contribution in [3.63, 3.8) is 0 Å². The van der Waals surface area contributed by atoms with Crippen LogP contribution in [-0.2, 0) is 4.79 Å². The van der Waals surface area contributed by atoms with Gasteiger partial charge in [-0.05, 0) is 33.9 Å². The summed E-state index contributed by atoms with van der Waals surface area (Å²) in [6.07, 6.45) is 0. The van der Waals surface area contributed by atoms with Crippen LogP contribution in [0.5, 0.6) is 5.75 Å². The molecule has 1 aromatic rings. The summed E-state index contributed by atoms with van der Waals surface area (Å²) in [7, 11) is 3.63. The lowest BCUT2D eigenvalue weighted by molar-refractivity contribution is -0.130. The van der Waals surface area contributed by atoms with Crippen molar-refractivity contribution < 1.29 is 14.3 Å². The number of nitrogens with one attached hydrogen (secondary N) is 1. The molecule has 126 valence electrons. The van der Waals surface area contributed by atoms with Crippen molar-refractivity contribution in [3.05, 3.63) is 29.8 Å². The third kappa shape index (κ3) is 3.47. The predicted molar refractivity (Wildman–Crippen MR) is 88.4 cm³/mol. The maximum atomic E-state index is 12.2. The number of hydrogen-bond acceptors (Lipinski definition) is 4. The van der Waals surface area contributed by atoms with E-state index in [-0.39, 0.29) is 18.0 Å². The van der Waals surface area contributed by atoms with Crippen molar-refractivity contribution in [1.29, 1.82) is 0 Å². The van der Waals surface area contributed by atoms with Crippen LogP contribution in [0.4, 0.5) is 4.79 Å². The quantitative estimate of drug-likeness (QED) is 0.815. The van der Waals surface area contributed by atoms with Gasteiger partial charge in [0.05, 0.1) is 7.11 Å². The van der Waals surface area contributed by atoms with Gasteiger partial charge in [-0.1, -0.05) is 18.2 Å². The number of nitrogens with zero attached hydrogens (tertiary/aromatic N) is 2. The van der Waals surface area contributed by atoms with Crippen molar-refractivity contribution in [2.75, 3.05) is 27.2 Å². The maximum absolute atomic E-state index is 12.2. The molecule has 0 saturated carbocycles. The first-order valence-corrected chi connectivity index (χ1v) is 7.75. The molecular formula is C17H25N3O3. The maximum Gasteiger partial charge on any atom is 0.325 e. The number of para-hydroxylation sites is 1. The average molecular weight is 319 g/mol. The van der Waals surface area contributed by atoms with Crippen LogP contribution in [-0.4, -0.2) is 54.5 Å². The first kappa shape index (κ1) is 17.3. The van der Waals surface area contributed by atoms with Crippen LogP contribution in [0.1, 0.15) is 32.4 Å². The molecule has 23 heavy (non-hydrogen) atoms. The molecule has 6 heteroatoms. The SMILES string of the molecule is COc1ccccc1[C@@H](C)N(C)CCN1C(=O)NC(C)(C)C1=O. The van der Waals surface area contributed by atoms with Gasteiger partial charge in [-0.3, -0.25) is 14.6 Å². The van der Waals surface area contributed by atoms with E-state index in [1.54, 1.807) is 21.0 Å². The summed E-state index contributed by atoms with van der Waals surface area (Å²) in [6, 6.07) is 7.65. The molecule has 0 radical (unpaired) electrons. The zero-order chi connectivity index (χ0) is 17.2. The Morgan fingerprint density at radius 2 is 1.96 bits per heavy atom. The van der Waals surface area contributed by atoms with Gasteiger partial charge < -0.3 is 10.1 Å². The largest absolute Gasteiger partial charge is 0.496 e. The minimum atomic E-state index is -0.816. The number of ether oxygens (including phenoxy) is 1. The highest BCUT2D eigenvalue weighted by molar-refractivity contribution is 6.06. The molecule has 1 aliphatic rings. The normalized spacial score (nSPS) is 18.3. The van der Waals surface area contributed by atoms with Crippen molar-refractivity contribution in [3.8, 4) is 5.75 Å². The van der Waals surface area contributed by atoms with Gasteiger partial charge >= 0.3 is 6.03 Å². The molecule has 6 nitrogen and oxygen atoms in total. The van der Waals surface area contributed by atoms with Crippen molar-refractivity contribution in [2.45, 2.75) is 32.4 Å². The summed E-state index contributed by atoms with van der Waals surface area (Å²) in [4.78, 5) is 27.5. The molecule has 1 saturated heterocycles. The summed E-state index contributed by atoms with van der Waals surface area (Å²) in [5.74, 6) is 0.656. The molecule has 2 rings (SSSR count). The lowest BCUT2D eigenvalue weighted by atomic mass is 10.1. The van der Waals surface area contributed by atoms with Crippen LogP contribution >= 0.6 is 0 Å². The van der Waals surface area contributed by atoms with Gasteiger partial charge in [-0.25, -0.2) is 4.79 Å². The molecule has 1 aliphatic heterocycles. The third-order valence-electron chi connectivity index (χ3n) is 4.37. The van der Waals surface area contributed by atoms with Crippen LogP contribution in [0.3, 0.4) is 0 Å². The number of carbonyl (C=O) groups is 2. The first-order valence-electron chi connectivity index (χ1n) is 7.75. The predicted octanol–water partition coefficient (Wildman–Crippen LogP) is 2.02. The lowest BCUT2D eigenvalue weighted by Crippen LogP contribution is -2.41. The molecule has 0 aromatic heterocycles. The molecule has 0 aliphatic carbocycles. The highest BCUT2D eigenvalue weighted by Crippen LogP contribution is 2.28. The molecule has 0 unspecified atom stereocenters. The molecule has 1 N–H and O–H groups in total. The van der Waals surface area contributed by atoms with E-state index in [1.807, 2.05) is 31.3 Å². The van der Waals surface area contributed by atoms with Gasteiger partial charge in [-0.2, -0.15) is 0 Å². The molecule has 1 aromatic carbocycles. The second-order valence-corrected chi connectivity index (χ2v) is 6.41. The van der Waals surface area contributed by atoms with Gasteiger partial charge in [0.2, 0.25) is 0 Å². The number of methoxy groups -OCH3 is 1. The molecule has 3 amide bonds. The Morgan fingerprint density at radius 3 is 2.52 bits per heavy atom. The average Bonchev–Trinajstić information content (AvgIpc) is 2.72. The number of carbonyl (C=O) groups excluding carboxylic acids is 2. The second kappa shape index (κ2) is 6.58. The van der Waals surface area contributed by atoms with Crippen LogP contribution in [0.2, 0.25) is 0 Å². The zero-order valence-corrected chi connectivity index (χ0v) is 14.4. The van der Waals surface area contributed by atoms with E-state index in [4.69, 9.17) is 4.74 Å². The fourth-order valence-corrected chi connectivity index (χ4v) is 2.72. The van der Waals surface area contributed by atoms with Crippen LogP contribution in [0.25, 0.3) is 0 Å². The molecule has 1 heterocycles. The Labute approximate surface area is 137 Å². The number of hydrogen-bond donors (Lipinski definition) is 1. The standard InChI is InChI=1S/C17H25N3O3/c1-12(13-8-6-7-9-14(13)23-5)19(4)10-11-20-15(21)17(2,3)18-16(20)22/h6-9,12H,10-11H2,1-5H3,(H,18,22)/t12-/m1/s1. The Morgan fingerprint density at radius 1 is 1.30 bits per heavy atom. The van der Waals surface area contributed by atoms with E-state index >= 15 is 0 Å². The van der Waals surface area contributed by atoms with Crippen molar-refractivity contribution in [2.24, 2.45) is 0 Å². The Balaban J connectivity index is 2.01. The summed E-state index contributed by atoms with van der Waals surface area (Å²) < 4.78 is 5.40. The Bertz CT molecular complexity index is 601. The number of urea groups is 1. The smallest absolute Gasteiger partial charge is 0.325 e. The molecule has 0 spiro atoms. The van der Waals surface area contributed by atoms with Gasteiger partial charge in [0.1, 0.15) is 11.3 Å². The fraction of sp³-hybridized carbons (Fsp3) is 0.529. The summed E-state index contributed by atoms with van der Waals surface area (Å²) in [6.45, 7) is 6.47. The van der Waals surface area contributed by atoms with Crippen LogP contribution in [0.15, 0.2) is 24.3 Å². The van der Waals surface area contributed by atoms with Crippen LogP contribution in [0, 0.1) is 0 Å². The first-order chi connectivity index (χ1) is 10.8. The van der Waals surface area contributed by atoms with E-state index in [1.165, 1.54) is 4.90 Å². The molecular weight excluding hydrogens is 294 g/mol. The highest BCUT2D eigenvalue weighted by Gasteiger charge is 2.43. The van der Waals surface area contributed by atoms with Crippen molar-refractivity contribution >= 4 is 11.9 Å². The number of benzene rings is 1. The van der Waals surface area contributed by atoms with E-state index in [9.17, 15) is 9.59 Å². The van der Waals surface area contributed by atoms with E-state index < -0.39 is 5.54 Å². The van der Waals surface area contributed by atoms with Gasteiger partial charge in [0.25, 0.3) is 5.91 Å². The summed E-state index contributed by atoms with van der Waals surface area (Å²) in [5.41, 5.74) is 0.263. The van der Waals surface area contributed by atoms with Gasteiger partial charge in [-0.15, -0.1) is 0 Å². The number of imide groups is 1. The van der Waals surface area contributed by atoms with E-state index in [2.05, 4.69) is 17.1 Å². The minimum absolute atomic E-state index is 0.111. The fourth-order valence-electron chi connectivity index (χ4n) is 2.72. The molecule has 1 fully saturated rings. The number of amides is 3. The molecule has 1 atom stereocenters. The van der Waals surface area contributed by atoms with E-state index in [0.717, 1.165) is 11.3 Å².